The van der Waals surface area contributed by atoms with Crippen LogP contribution in [-0.4, -0.2) is 31.8 Å². The van der Waals surface area contributed by atoms with Gasteiger partial charge in [-0.2, -0.15) is 0 Å². The number of unbranched alkanes of at least 4 members (excludes halogenated alkanes) is 9. The number of nitrogens with two attached hydrogens (primary N) is 2. The van der Waals surface area contributed by atoms with Crippen LogP contribution in [0.1, 0.15) is 71.1 Å². The second-order valence-electron chi connectivity index (χ2n) is 5.63. The summed E-state index contributed by atoms with van der Waals surface area (Å²) in [6.45, 7) is 3.10. The van der Waals surface area contributed by atoms with Gasteiger partial charge in [0, 0.05) is 6.17 Å². The molecule has 0 heterocycles. The molecule has 0 atom stereocenters. The summed E-state index contributed by atoms with van der Waals surface area (Å²) >= 11 is 0. The van der Waals surface area contributed by atoms with Crippen LogP contribution in [0.25, 0.3) is 5.32 Å². The fourth-order valence-electron chi connectivity index (χ4n) is 2.13. The van der Waals surface area contributed by atoms with E-state index in [0.717, 1.165) is 12.8 Å². The molecular formula is C16H34N3NaO2. The fourth-order valence-corrected chi connectivity index (χ4v) is 2.13. The molecule has 0 saturated heterocycles. The van der Waals surface area contributed by atoms with E-state index in [9.17, 15) is 4.79 Å². The molecule has 0 bridgehead atoms. The molecule has 0 saturated carbocycles. The molecule has 0 aromatic rings. The minimum absolute atomic E-state index is 0. The van der Waals surface area contributed by atoms with E-state index in [2.05, 4.69) is 12.2 Å². The molecule has 0 radical (unpaired) electrons. The van der Waals surface area contributed by atoms with Gasteiger partial charge in [0.15, 0.2) is 0 Å². The first-order valence-electron chi connectivity index (χ1n) is 8.46. The van der Waals surface area contributed by atoms with Gasteiger partial charge in [-0.1, -0.05) is 64.7 Å². The topological polar surface area (TPSA) is 92.4 Å². The first-order chi connectivity index (χ1) is 10.2. The van der Waals surface area contributed by atoms with Crippen LogP contribution >= 0.6 is 0 Å². The smallest absolute Gasteiger partial charge is 0.651 e. The zero-order valence-electron chi connectivity index (χ0n) is 14.7. The molecule has 5 nitrogen and oxygen atoms in total. The first-order valence-corrected chi connectivity index (χ1v) is 8.46. The monoisotopic (exact) mass is 323 g/mol. The molecule has 6 heteroatoms. The molecule has 0 aliphatic carbocycles. The summed E-state index contributed by atoms with van der Waals surface area (Å²) in [5, 5.41) is 3.92. The van der Waals surface area contributed by atoms with Gasteiger partial charge in [-0.15, -0.1) is 6.54 Å². The molecule has 0 rings (SSSR count). The van der Waals surface area contributed by atoms with Gasteiger partial charge in [0.1, 0.15) is 0 Å². The van der Waals surface area contributed by atoms with Crippen molar-refractivity contribution in [3.8, 4) is 0 Å². The Hall–Kier alpha value is 0.350. The van der Waals surface area contributed by atoms with Crippen LogP contribution in [0.2, 0.25) is 0 Å². The third kappa shape index (κ3) is 20.3. The van der Waals surface area contributed by atoms with Crippen molar-refractivity contribution in [2.75, 3.05) is 19.7 Å². The maximum Gasteiger partial charge on any atom is 1.00 e. The Kier molecular flexibility index (Phi) is 21.7. The molecule has 0 spiro atoms. The Morgan fingerprint density at radius 3 is 1.95 bits per heavy atom. The fraction of sp³-hybridized carbons (Fsp3) is 0.938. The maximum atomic E-state index is 11.3. The molecule has 0 aromatic carbocycles. The Labute approximate surface area is 158 Å². The van der Waals surface area contributed by atoms with E-state index in [1.807, 2.05) is 0 Å². The summed E-state index contributed by atoms with van der Waals surface area (Å²) in [6.07, 6.45) is 12.3. The molecule has 0 fully saturated rings. The number of hydrogen-bond donors (Lipinski definition) is 2. The van der Waals surface area contributed by atoms with E-state index >= 15 is 0 Å². The van der Waals surface area contributed by atoms with Crippen LogP contribution in [-0.2, 0) is 9.53 Å². The van der Waals surface area contributed by atoms with Gasteiger partial charge in [0.25, 0.3) is 5.97 Å². The van der Waals surface area contributed by atoms with E-state index in [-0.39, 0.29) is 42.1 Å². The third-order valence-corrected chi connectivity index (χ3v) is 3.34. The van der Waals surface area contributed by atoms with Crippen molar-refractivity contribution in [3.05, 3.63) is 5.32 Å². The molecule has 0 aliphatic heterocycles. The van der Waals surface area contributed by atoms with Gasteiger partial charge < -0.3 is 21.5 Å². The summed E-state index contributed by atoms with van der Waals surface area (Å²) in [4.78, 5) is 11.3. The Morgan fingerprint density at radius 1 is 0.955 bits per heavy atom. The average Bonchev–Trinajstić information content (AvgIpc) is 2.44. The van der Waals surface area contributed by atoms with Crippen molar-refractivity contribution >= 4 is 5.97 Å². The SMILES string of the molecule is CCCCCCCCCCCCOC(=O)C[N-]CC(N)N.[Na+]. The van der Waals surface area contributed by atoms with E-state index in [1.165, 1.54) is 51.4 Å². The van der Waals surface area contributed by atoms with E-state index in [4.69, 9.17) is 16.2 Å². The zero-order valence-corrected chi connectivity index (χ0v) is 16.7. The molecule has 126 valence electrons. The molecule has 0 aliphatic rings. The number of carbonyl (C=O) groups is 1. The largest absolute Gasteiger partial charge is 1.00 e. The van der Waals surface area contributed by atoms with Crippen LogP contribution < -0.4 is 41.0 Å². The Bertz CT molecular complexity index is 241. The quantitative estimate of drug-likeness (QED) is 0.193. The Morgan fingerprint density at radius 2 is 1.45 bits per heavy atom. The average molecular weight is 323 g/mol. The van der Waals surface area contributed by atoms with Crippen molar-refractivity contribution in [1.29, 1.82) is 0 Å². The van der Waals surface area contributed by atoms with Gasteiger partial charge in [-0.25, -0.2) is 0 Å². The van der Waals surface area contributed by atoms with Gasteiger partial charge in [-0.3, -0.25) is 4.79 Å². The summed E-state index contributed by atoms with van der Waals surface area (Å²) in [5.41, 5.74) is 10.6. The summed E-state index contributed by atoms with van der Waals surface area (Å²) in [7, 11) is 0. The van der Waals surface area contributed by atoms with E-state index < -0.39 is 6.17 Å². The van der Waals surface area contributed by atoms with Crippen molar-refractivity contribution in [1.82, 2.24) is 0 Å². The van der Waals surface area contributed by atoms with E-state index in [1.54, 1.807) is 0 Å². The zero-order chi connectivity index (χ0) is 15.8. The number of esters is 1. The van der Waals surface area contributed by atoms with Crippen LogP contribution in [0.4, 0.5) is 0 Å². The second-order valence-corrected chi connectivity index (χ2v) is 5.63. The molecular weight excluding hydrogens is 289 g/mol. The number of hydrogen-bond acceptors (Lipinski definition) is 4. The summed E-state index contributed by atoms with van der Waals surface area (Å²) < 4.78 is 5.08. The normalized spacial score (nSPS) is 10.5. The van der Waals surface area contributed by atoms with Gasteiger partial charge in [0.2, 0.25) is 0 Å². The number of nitrogens with zero attached hydrogens (tertiary/aromatic N) is 1. The van der Waals surface area contributed by atoms with Crippen molar-refractivity contribution in [3.63, 3.8) is 0 Å². The van der Waals surface area contributed by atoms with Crippen LogP contribution in [0, 0.1) is 0 Å². The van der Waals surface area contributed by atoms with Crippen molar-refractivity contribution in [2.24, 2.45) is 11.5 Å². The van der Waals surface area contributed by atoms with Crippen molar-refractivity contribution in [2.45, 2.75) is 77.3 Å². The molecule has 22 heavy (non-hydrogen) atoms. The number of rotatable bonds is 15. The van der Waals surface area contributed by atoms with Gasteiger partial charge in [0.05, 0.1) is 6.61 Å². The predicted molar refractivity (Wildman–Crippen MR) is 88.1 cm³/mol. The van der Waals surface area contributed by atoms with Gasteiger partial charge >= 0.3 is 29.6 Å². The molecule has 0 aromatic heterocycles. The minimum atomic E-state index is -0.486. The second kappa shape index (κ2) is 19.4. The van der Waals surface area contributed by atoms with Crippen LogP contribution in [0.3, 0.4) is 0 Å². The Balaban J connectivity index is 0. The summed E-state index contributed by atoms with van der Waals surface area (Å²) in [6, 6.07) is 0. The molecule has 0 unspecified atom stereocenters. The van der Waals surface area contributed by atoms with Crippen molar-refractivity contribution < 1.29 is 39.1 Å². The maximum absolute atomic E-state index is 11.3. The summed E-state index contributed by atoms with van der Waals surface area (Å²) in [5.74, 6) is -0.286. The number of carbonyl (C=O) groups excluding carboxylic acids is 1. The third-order valence-electron chi connectivity index (χ3n) is 3.34. The first kappa shape index (κ1) is 24.6. The molecule has 4 N–H and O–H groups in total. The van der Waals surface area contributed by atoms with E-state index in [0.29, 0.717) is 13.2 Å². The van der Waals surface area contributed by atoms with Crippen LogP contribution in [0.15, 0.2) is 0 Å². The number of ether oxygens (including phenoxy) is 1. The van der Waals surface area contributed by atoms with Gasteiger partial charge in [-0.05, 0) is 13.0 Å². The molecule has 0 amide bonds. The van der Waals surface area contributed by atoms with Crippen LogP contribution in [0.5, 0.6) is 0 Å². The standard InChI is InChI=1S/C16H34N3O2.Na/c1-2-3-4-5-6-7-8-9-10-11-12-21-16(20)14-19-13-15(17)18;/h15H,2-14,17-18H2,1H3;/q-1;+1. The predicted octanol–water partition coefficient (Wildman–Crippen LogP) is 0.0717. The minimum Gasteiger partial charge on any atom is -0.651 e.